The van der Waals surface area contributed by atoms with Gasteiger partial charge in [0.15, 0.2) is 0 Å². The van der Waals surface area contributed by atoms with Crippen LogP contribution >= 0.6 is 0 Å². The zero-order valence-corrected chi connectivity index (χ0v) is 11.9. The van der Waals surface area contributed by atoms with Gasteiger partial charge in [0.05, 0.1) is 11.7 Å². The summed E-state index contributed by atoms with van der Waals surface area (Å²) in [5, 5.41) is 3.52. The van der Waals surface area contributed by atoms with Gasteiger partial charge in [-0.2, -0.15) is 0 Å². The van der Waals surface area contributed by atoms with Crippen LogP contribution in [0.3, 0.4) is 0 Å². The molecule has 0 bridgehead atoms. The number of hydrogen-bond acceptors (Lipinski definition) is 3. The second-order valence-corrected chi connectivity index (χ2v) is 4.88. The first-order valence-corrected chi connectivity index (χ1v) is 6.76. The first-order valence-electron chi connectivity index (χ1n) is 6.76. The van der Waals surface area contributed by atoms with E-state index in [1.54, 1.807) is 0 Å². The van der Waals surface area contributed by atoms with Gasteiger partial charge in [-0.25, -0.2) is 0 Å². The number of aromatic nitrogens is 2. The van der Waals surface area contributed by atoms with Crippen molar-refractivity contribution in [3.05, 3.63) is 59.2 Å². The van der Waals surface area contributed by atoms with Gasteiger partial charge in [0, 0.05) is 18.6 Å². The van der Waals surface area contributed by atoms with Crippen molar-refractivity contribution in [1.29, 1.82) is 0 Å². The first-order chi connectivity index (χ1) is 9.20. The third-order valence-electron chi connectivity index (χ3n) is 3.23. The Morgan fingerprint density at radius 2 is 1.95 bits per heavy atom. The number of aryl methyl sites for hydroxylation is 2. The van der Waals surface area contributed by atoms with E-state index in [0.29, 0.717) is 0 Å². The van der Waals surface area contributed by atoms with E-state index in [9.17, 15) is 0 Å². The first kappa shape index (κ1) is 13.7. The normalized spacial score (nSPS) is 12.4. The summed E-state index contributed by atoms with van der Waals surface area (Å²) in [7, 11) is 0. The molecule has 0 radical (unpaired) electrons. The topological polar surface area (TPSA) is 37.8 Å². The lowest BCUT2D eigenvalue weighted by Crippen LogP contribution is -2.24. The fourth-order valence-electron chi connectivity index (χ4n) is 2.36. The minimum atomic E-state index is 0.257. The molecule has 2 aromatic rings. The molecule has 0 aromatic carbocycles. The van der Waals surface area contributed by atoms with Gasteiger partial charge in [0.2, 0.25) is 0 Å². The molecule has 2 aromatic heterocycles. The second-order valence-electron chi connectivity index (χ2n) is 4.88. The van der Waals surface area contributed by atoms with Crippen molar-refractivity contribution in [3.63, 3.8) is 0 Å². The molecule has 3 nitrogen and oxygen atoms in total. The molecular formula is C16H21N3. The van der Waals surface area contributed by atoms with Gasteiger partial charge in [-0.3, -0.25) is 9.97 Å². The van der Waals surface area contributed by atoms with Crippen LogP contribution in [-0.4, -0.2) is 16.5 Å². The molecule has 0 amide bonds. The quantitative estimate of drug-likeness (QED) is 0.892. The van der Waals surface area contributed by atoms with Crippen LogP contribution in [0.2, 0.25) is 0 Å². The molecule has 2 rings (SSSR count). The Kier molecular flexibility index (Phi) is 4.63. The highest BCUT2D eigenvalue weighted by molar-refractivity contribution is 5.27. The molecule has 2 heterocycles. The molecule has 1 unspecified atom stereocenters. The third kappa shape index (κ3) is 3.61. The smallest absolute Gasteiger partial charge is 0.0605 e. The van der Waals surface area contributed by atoms with Crippen molar-refractivity contribution in [2.75, 3.05) is 6.54 Å². The van der Waals surface area contributed by atoms with Crippen LogP contribution in [0.15, 0.2) is 36.8 Å². The third-order valence-corrected chi connectivity index (χ3v) is 3.23. The van der Waals surface area contributed by atoms with E-state index in [4.69, 9.17) is 0 Å². The highest BCUT2D eigenvalue weighted by atomic mass is 14.9. The molecule has 0 aliphatic heterocycles. The Balaban J connectivity index is 2.24. The lowest BCUT2D eigenvalue weighted by Gasteiger charge is -2.19. The number of nitrogens with zero attached hydrogens (tertiary/aromatic N) is 2. The number of pyridine rings is 2. The number of hydrogen-bond donors (Lipinski definition) is 1. The molecular weight excluding hydrogens is 234 g/mol. The molecule has 0 spiro atoms. The predicted molar refractivity (Wildman–Crippen MR) is 78.1 cm³/mol. The van der Waals surface area contributed by atoms with Crippen LogP contribution in [0.4, 0.5) is 0 Å². The van der Waals surface area contributed by atoms with Crippen LogP contribution in [0.25, 0.3) is 0 Å². The Morgan fingerprint density at radius 1 is 1.21 bits per heavy atom. The summed E-state index contributed by atoms with van der Waals surface area (Å²) < 4.78 is 0. The largest absolute Gasteiger partial charge is 0.309 e. The summed E-state index contributed by atoms with van der Waals surface area (Å²) >= 11 is 0. The Morgan fingerprint density at radius 3 is 2.58 bits per heavy atom. The Hall–Kier alpha value is -1.74. The van der Waals surface area contributed by atoms with E-state index in [2.05, 4.69) is 54.3 Å². The molecule has 19 heavy (non-hydrogen) atoms. The van der Waals surface area contributed by atoms with Gasteiger partial charge in [-0.05, 0) is 55.6 Å². The standard InChI is InChI=1S/C16H21N3/c1-4-18-15(10-14-5-7-17-8-6-14)16-13(3)9-12(2)11-19-16/h5-9,11,15,18H,4,10H2,1-3H3. The van der Waals surface area contributed by atoms with Crippen molar-refractivity contribution in [1.82, 2.24) is 15.3 Å². The zero-order valence-electron chi connectivity index (χ0n) is 11.9. The van der Waals surface area contributed by atoms with E-state index in [0.717, 1.165) is 18.7 Å². The maximum Gasteiger partial charge on any atom is 0.0605 e. The molecule has 0 aliphatic carbocycles. The van der Waals surface area contributed by atoms with Gasteiger partial charge in [0.1, 0.15) is 0 Å². The number of nitrogens with one attached hydrogen (secondary N) is 1. The molecule has 0 saturated heterocycles. The fourth-order valence-corrected chi connectivity index (χ4v) is 2.36. The van der Waals surface area contributed by atoms with E-state index >= 15 is 0 Å². The van der Waals surface area contributed by atoms with Gasteiger partial charge < -0.3 is 5.32 Å². The summed E-state index contributed by atoms with van der Waals surface area (Å²) in [5.74, 6) is 0. The molecule has 0 saturated carbocycles. The molecule has 1 atom stereocenters. The molecule has 0 aliphatic rings. The number of rotatable bonds is 5. The van der Waals surface area contributed by atoms with Gasteiger partial charge in [-0.1, -0.05) is 13.0 Å². The Bertz CT molecular complexity index is 523. The highest BCUT2D eigenvalue weighted by Gasteiger charge is 2.15. The van der Waals surface area contributed by atoms with E-state index < -0.39 is 0 Å². The summed E-state index contributed by atoms with van der Waals surface area (Å²) in [4.78, 5) is 8.68. The maximum atomic E-state index is 4.61. The monoisotopic (exact) mass is 255 g/mol. The van der Waals surface area contributed by atoms with Crippen molar-refractivity contribution in [2.45, 2.75) is 33.2 Å². The highest BCUT2D eigenvalue weighted by Crippen LogP contribution is 2.20. The average molecular weight is 255 g/mol. The van der Waals surface area contributed by atoms with Crippen molar-refractivity contribution in [2.24, 2.45) is 0 Å². The Labute approximate surface area is 115 Å². The van der Waals surface area contributed by atoms with Gasteiger partial charge in [-0.15, -0.1) is 0 Å². The SMILES string of the molecule is CCNC(Cc1ccncc1)c1ncc(C)cc1C. The van der Waals surface area contributed by atoms with Crippen molar-refractivity contribution >= 4 is 0 Å². The van der Waals surface area contributed by atoms with Crippen molar-refractivity contribution < 1.29 is 0 Å². The van der Waals surface area contributed by atoms with E-state index in [1.165, 1.54) is 16.7 Å². The lowest BCUT2D eigenvalue weighted by molar-refractivity contribution is 0.533. The predicted octanol–water partition coefficient (Wildman–Crippen LogP) is 2.99. The van der Waals surface area contributed by atoms with Crippen LogP contribution in [0, 0.1) is 13.8 Å². The molecule has 100 valence electrons. The molecule has 1 N–H and O–H groups in total. The van der Waals surface area contributed by atoms with Crippen LogP contribution in [-0.2, 0) is 6.42 Å². The summed E-state index contributed by atoms with van der Waals surface area (Å²) in [6.45, 7) is 7.27. The van der Waals surface area contributed by atoms with E-state index in [1.807, 2.05) is 18.6 Å². The number of likely N-dealkylation sites (N-methyl/N-ethyl adjacent to an activating group) is 1. The molecule has 3 heteroatoms. The maximum absolute atomic E-state index is 4.61. The van der Waals surface area contributed by atoms with Crippen LogP contribution < -0.4 is 5.32 Å². The lowest BCUT2D eigenvalue weighted by atomic mass is 10.00. The summed E-state index contributed by atoms with van der Waals surface area (Å²) in [5.41, 5.74) is 4.88. The van der Waals surface area contributed by atoms with Crippen molar-refractivity contribution in [3.8, 4) is 0 Å². The second kappa shape index (κ2) is 6.43. The minimum absolute atomic E-state index is 0.257. The van der Waals surface area contributed by atoms with E-state index in [-0.39, 0.29) is 6.04 Å². The van der Waals surface area contributed by atoms with Gasteiger partial charge in [0.25, 0.3) is 0 Å². The van der Waals surface area contributed by atoms with Crippen LogP contribution in [0.1, 0.15) is 35.3 Å². The zero-order chi connectivity index (χ0) is 13.7. The van der Waals surface area contributed by atoms with Gasteiger partial charge >= 0.3 is 0 Å². The summed E-state index contributed by atoms with van der Waals surface area (Å²) in [6, 6.07) is 6.58. The molecule has 0 fully saturated rings. The summed E-state index contributed by atoms with van der Waals surface area (Å²) in [6.07, 6.45) is 6.56. The minimum Gasteiger partial charge on any atom is -0.309 e. The fraction of sp³-hybridized carbons (Fsp3) is 0.375. The van der Waals surface area contributed by atoms with Crippen LogP contribution in [0.5, 0.6) is 0 Å². The average Bonchev–Trinajstić information content (AvgIpc) is 2.39.